The van der Waals surface area contributed by atoms with Gasteiger partial charge >= 0.3 is 11.9 Å². The molecule has 0 unspecified atom stereocenters. The fourth-order valence-electron chi connectivity index (χ4n) is 1.83. The van der Waals surface area contributed by atoms with Gasteiger partial charge in [0.05, 0.1) is 13.2 Å². The van der Waals surface area contributed by atoms with Gasteiger partial charge in [-0.1, -0.05) is 12.0 Å². The predicted octanol–water partition coefficient (Wildman–Crippen LogP) is 2.09. The number of terminal acetylenes is 1. The average molecular weight is 292 g/mol. The molecule has 0 radical (unpaired) electrons. The van der Waals surface area contributed by atoms with E-state index in [4.69, 9.17) is 15.9 Å². The zero-order chi connectivity index (χ0) is 15.8. The van der Waals surface area contributed by atoms with Crippen LogP contribution in [0, 0.1) is 24.1 Å². The lowest BCUT2D eigenvalue weighted by atomic mass is 9.95. The molecule has 0 N–H and O–H groups in total. The quantitative estimate of drug-likeness (QED) is 0.458. The summed E-state index contributed by atoms with van der Waals surface area (Å²) in [5.41, 5.74) is 0.818. The van der Waals surface area contributed by atoms with E-state index in [0.717, 1.165) is 0 Å². The Balaban J connectivity index is 3.03. The number of hydrogen-bond donors (Lipinski definition) is 0. The highest BCUT2D eigenvalue weighted by Gasteiger charge is 2.30. The summed E-state index contributed by atoms with van der Waals surface area (Å²) in [6.07, 6.45) is 5.33. The largest absolute Gasteiger partial charge is 0.465 e. The molecule has 0 fully saturated rings. The van der Waals surface area contributed by atoms with Crippen molar-refractivity contribution >= 4 is 11.9 Å². The molecule has 0 heterocycles. The first-order valence-electron chi connectivity index (χ1n) is 6.61. The van der Waals surface area contributed by atoms with E-state index >= 15 is 0 Å². The van der Waals surface area contributed by atoms with E-state index in [1.165, 1.54) is 18.2 Å². The molecule has 4 nitrogen and oxygen atoms in total. The van der Waals surface area contributed by atoms with Crippen LogP contribution in [-0.2, 0) is 25.5 Å². The van der Waals surface area contributed by atoms with Gasteiger partial charge in [0.25, 0.3) is 0 Å². The molecule has 0 saturated heterocycles. The maximum Gasteiger partial charge on any atom is 0.320 e. The summed E-state index contributed by atoms with van der Waals surface area (Å²) in [5, 5.41) is 0. The molecule has 0 atom stereocenters. The minimum atomic E-state index is -1.11. The van der Waals surface area contributed by atoms with Crippen LogP contribution in [0.2, 0.25) is 0 Å². The predicted molar refractivity (Wildman–Crippen MR) is 74.8 cm³/mol. The Labute approximate surface area is 123 Å². The normalized spacial score (nSPS) is 10.0. The van der Waals surface area contributed by atoms with E-state index in [2.05, 4.69) is 5.92 Å². The van der Waals surface area contributed by atoms with Crippen LogP contribution in [-0.4, -0.2) is 25.2 Å². The van der Waals surface area contributed by atoms with Crippen molar-refractivity contribution in [3.8, 4) is 12.3 Å². The lowest BCUT2D eigenvalue weighted by Gasteiger charge is -2.15. The Morgan fingerprint density at radius 3 is 2.29 bits per heavy atom. The zero-order valence-electron chi connectivity index (χ0n) is 12.0. The molecule has 0 aliphatic heterocycles. The number of carbonyl (C=O) groups is 2. The van der Waals surface area contributed by atoms with Crippen molar-refractivity contribution in [1.29, 1.82) is 0 Å². The Kier molecular flexibility index (Phi) is 6.41. The fourth-order valence-corrected chi connectivity index (χ4v) is 1.83. The maximum absolute atomic E-state index is 13.2. The molecule has 1 rings (SSSR count). The van der Waals surface area contributed by atoms with Crippen LogP contribution in [0.25, 0.3) is 0 Å². The van der Waals surface area contributed by atoms with E-state index < -0.39 is 23.7 Å². The van der Waals surface area contributed by atoms with Gasteiger partial charge in [0, 0.05) is 5.56 Å². The maximum atomic E-state index is 13.2. The van der Waals surface area contributed by atoms with Crippen LogP contribution in [0.3, 0.4) is 0 Å². The van der Waals surface area contributed by atoms with Gasteiger partial charge < -0.3 is 9.47 Å². The number of rotatable bonds is 6. The van der Waals surface area contributed by atoms with Gasteiger partial charge in [-0.05, 0) is 38.0 Å². The van der Waals surface area contributed by atoms with Crippen molar-refractivity contribution in [3.05, 3.63) is 35.1 Å². The standard InChI is InChI=1S/C16H17FO4/c1-4-11-9-13(17)8-7-12(11)10-14(15(18)20-5-2)16(19)21-6-3/h1,7-9,14H,5-6,10H2,2-3H3. The number of benzene rings is 1. The van der Waals surface area contributed by atoms with E-state index in [1.54, 1.807) is 13.8 Å². The highest BCUT2D eigenvalue weighted by atomic mass is 19.1. The Morgan fingerprint density at radius 2 is 1.81 bits per heavy atom. The van der Waals surface area contributed by atoms with Gasteiger partial charge in [-0.25, -0.2) is 4.39 Å². The molecule has 21 heavy (non-hydrogen) atoms. The van der Waals surface area contributed by atoms with E-state index in [1.807, 2.05) is 0 Å². The second-order valence-corrected chi connectivity index (χ2v) is 4.21. The highest BCUT2D eigenvalue weighted by molar-refractivity contribution is 5.95. The molecule has 0 aromatic heterocycles. The third-order valence-electron chi connectivity index (χ3n) is 2.79. The third kappa shape index (κ3) is 4.60. The van der Waals surface area contributed by atoms with Crippen LogP contribution < -0.4 is 0 Å². The fraction of sp³-hybridized carbons (Fsp3) is 0.375. The van der Waals surface area contributed by atoms with Gasteiger partial charge in [0.1, 0.15) is 5.82 Å². The van der Waals surface area contributed by atoms with E-state index in [9.17, 15) is 14.0 Å². The summed E-state index contributed by atoms with van der Waals surface area (Å²) >= 11 is 0. The zero-order valence-corrected chi connectivity index (χ0v) is 12.0. The van der Waals surface area contributed by atoms with Crippen molar-refractivity contribution in [2.45, 2.75) is 20.3 Å². The summed E-state index contributed by atoms with van der Waals surface area (Å²) in [5.74, 6) is -0.601. The van der Waals surface area contributed by atoms with Gasteiger partial charge in [-0.3, -0.25) is 9.59 Å². The van der Waals surface area contributed by atoms with Gasteiger partial charge in [0.15, 0.2) is 5.92 Å². The molecule has 112 valence electrons. The minimum absolute atomic E-state index is 0.0114. The van der Waals surface area contributed by atoms with Gasteiger partial charge in [-0.15, -0.1) is 6.42 Å². The first-order chi connectivity index (χ1) is 10.0. The summed E-state index contributed by atoms with van der Waals surface area (Å²) in [6.45, 7) is 3.59. The SMILES string of the molecule is C#Cc1cc(F)ccc1CC(C(=O)OCC)C(=O)OCC. The molecule has 0 amide bonds. The molecule has 5 heteroatoms. The van der Waals surface area contributed by atoms with E-state index in [-0.39, 0.29) is 19.6 Å². The second kappa shape index (κ2) is 8.05. The van der Waals surface area contributed by atoms with Crippen LogP contribution >= 0.6 is 0 Å². The minimum Gasteiger partial charge on any atom is -0.465 e. The topological polar surface area (TPSA) is 52.6 Å². The van der Waals surface area contributed by atoms with Crippen LogP contribution in [0.5, 0.6) is 0 Å². The number of hydrogen-bond acceptors (Lipinski definition) is 4. The lowest BCUT2D eigenvalue weighted by Crippen LogP contribution is -2.30. The Hall–Kier alpha value is -2.35. The molecule has 0 aliphatic carbocycles. The van der Waals surface area contributed by atoms with Crippen molar-refractivity contribution in [2.24, 2.45) is 5.92 Å². The van der Waals surface area contributed by atoms with E-state index in [0.29, 0.717) is 11.1 Å². The molecular formula is C16H17FO4. The summed E-state index contributed by atoms with van der Waals surface area (Å²) in [6, 6.07) is 3.86. The smallest absolute Gasteiger partial charge is 0.320 e. The molecule has 0 spiro atoms. The summed E-state index contributed by atoms with van der Waals surface area (Å²) in [7, 11) is 0. The molecule has 0 saturated carbocycles. The van der Waals surface area contributed by atoms with Gasteiger partial charge in [0.2, 0.25) is 0 Å². The summed E-state index contributed by atoms with van der Waals surface area (Å²) in [4.78, 5) is 23.8. The van der Waals surface area contributed by atoms with Crippen LogP contribution in [0.4, 0.5) is 4.39 Å². The third-order valence-corrected chi connectivity index (χ3v) is 2.79. The van der Waals surface area contributed by atoms with Crippen molar-refractivity contribution in [3.63, 3.8) is 0 Å². The molecule has 1 aromatic rings. The first kappa shape index (κ1) is 16.7. The molecular weight excluding hydrogens is 275 g/mol. The van der Waals surface area contributed by atoms with Crippen molar-refractivity contribution in [2.75, 3.05) is 13.2 Å². The summed E-state index contributed by atoms with van der Waals surface area (Å²) < 4.78 is 22.9. The molecule has 0 bridgehead atoms. The second-order valence-electron chi connectivity index (χ2n) is 4.21. The Morgan fingerprint density at radius 1 is 1.24 bits per heavy atom. The average Bonchev–Trinajstić information content (AvgIpc) is 2.46. The van der Waals surface area contributed by atoms with Gasteiger partial charge in [-0.2, -0.15) is 0 Å². The Bertz CT molecular complexity index is 542. The first-order valence-corrected chi connectivity index (χ1v) is 6.61. The lowest BCUT2D eigenvalue weighted by molar-refractivity contribution is -0.161. The number of ether oxygens (including phenoxy) is 2. The monoisotopic (exact) mass is 292 g/mol. The van der Waals surface area contributed by atoms with Crippen LogP contribution in [0.1, 0.15) is 25.0 Å². The molecule has 1 aromatic carbocycles. The number of carbonyl (C=O) groups excluding carboxylic acids is 2. The van der Waals surface area contributed by atoms with Crippen LogP contribution in [0.15, 0.2) is 18.2 Å². The number of halogens is 1. The molecule has 0 aliphatic rings. The number of esters is 2. The van der Waals surface area contributed by atoms with Crippen molar-refractivity contribution < 1.29 is 23.5 Å². The van der Waals surface area contributed by atoms with Crippen molar-refractivity contribution in [1.82, 2.24) is 0 Å². The highest BCUT2D eigenvalue weighted by Crippen LogP contribution is 2.17.